The molecule has 0 aliphatic rings. The van der Waals surface area contributed by atoms with Crippen LogP contribution in [-0.4, -0.2) is 29.8 Å². The number of hydrogen-bond donors (Lipinski definition) is 3. The molecule has 0 amide bonds. The monoisotopic (exact) mass is 296 g/mol. The molecule has 0 spiro atoms. The highest BCUT2D eigenvalue weighted by atomic mass is 32.2. The van der Waals surface area contributed by atoms with Gasteiger partial charge in [-0.25, -0.2) is 13.1 Å². The first-order chi connectivity index (χ1) is 9.40. The van der Waals surface area contributed by atoms with Gasteiger partial charge in [0.05, 0.1) is 6.10 Å². The van der Waals surface area contributed by atoms with Crippen molar-refractivity contribution in [1.82, 2.24) is 14.5 Å². The van der Waals surface area contributed by atoms with Crippen molar-refractivity contribution in [3.8, 4) is 0 Å². The van der Waals surface area contributed by atoms with E-state index in [0.29, 0.717) is 5.56 Å². The molecule has 0 radical (unpaired) electrons. The number of aliphatic hydroxyl groups is 1. The van der Waals surface area contributed by atoms with Gasteiger partial charge < -0.3 is 10.8 Å². The molecule has 0 aliphatic carbocycles. The lowest BCUT2D eigenvalue weighted by atomic mass is 10.1. The standard InChI is InChI=1S/C12H16N4O3S/c1-16-8-11(12(13)15-16)20(18,19)14-7-10(17)9-5-3-2-4-6-9/h2-6,8,10,14,17H,7H2,1H3,(H2,13,15). The molecule has 2 rings (SSSR count). The minimum atomic E-state index is -3.79. The number of aryl methyl sites for hydroxylation is 1. The van der Waals surface area contributed by atoms with Crippen molar-refractivity contribution in [2.24, 2.45) is 7.05 Å². The Balaban J connectivity index is 2.08. The predicted octanol–water partition coefficient (Wildman–Crippen LogP) is 0.0142. The fourth-order valence-electron chi connectivity index (χ4n) is 1.75. The number of aliphatic hydroxyl groups excluding tert-OH is 1. The van der Waals surface area contributed by atoms with Crippen molar-refractivity contribution in [2.45, 2.75) is 11.0 Å². The van der Waals surface area contributed by atoms with Gasteiger partial charge in [-0.3, -0.25) is 4.68 Å². The Labute approximate surface area is 117 Å². The van der Waals surface area contributed by atoms with Gasteiger partial charge in [0.15, 0.2) is 5.82 Å². The summed E-state index contributed by atoms with van der Waals surface area (Å²) < 4.78 is 27.7. The number of nitrogen functional groups attached to an aromatic ring is 1. The van der Waals surface area contributed by atoms with Crippen LogP contribution in [0.4, 0.5) is 5.82 Å². The number of nitrogens with two attached hydrogens (primary N) is 1. The van der Waals surface area contributed by atoms with Crippen LogP contribution in [0, 0.1) is 0 Å². The van der Waals surface area contributed by atoms with Crippen LogP contribution in [0.25, 0.3) is 0 Å². The van der Waals surface area contributed by atoms with Gasteiger partial charge in [-0.1, -0.05) is 30.3 Å². The summed E-state index contributed by atoms with van der Waals surface area (Å²) >= 11 is 0. The summed E-state index contributed by atoms with van der Waals surface area (Å²) in [4.78, 5) is -0.0970. The molecule has 1 unspecified atom stereocenters. The lowest BCUT2D eigenvalue weighted by molar-refractivity contribution is 0.182. The van der Waals surface area contributed by atoms with E-state index in [2.05, 4.69) is 9.82 Å². The molecule has 0 bridgehead atoms. The molecule has 1 heterocycles. The second-order valence-corrected chi connectivity index (χ2v) is 6.07. The molecule has 20 heavy (non-hydrogen) atoms. The maximum absolute atomic E-state index is 12.0. The predicted molar refractivity (Wildman–Crippen MR) is 74.2 cm³/mol. The number of hydrogen-bond acceptors (Lipinski definition) is 5. The second-order valence-electron chi connectivity index (χ2n) is 4.33. The third-order valence-electron chi connectivity index (χ3n) is 2.76. The van der Waals surface area contributed by atoms with E-state index in [1.165, 1.54) is 10.9 Å². The highest BCUT2D eigenvalue weighted by Gasteiger charge is 2.21. The minimum Gasteiger partial charge on any atom is -0.387 e. The zero-order chi connectivity index (χ0) is 14.8. The molecular formula is C12H16N4O3S. The van der Waals surface area contributed by atoms with Crippen LogP contribution in [0.2, 0.25) is 0 Å². The van der Waals surface area contributed by atoms with Crippen LogP contribution < -0.4 is 10.5 Å². The largest absolute Gasteiger partial charge is 0.387 e. The molecule has 1 aromatic heterocycles. The number of benzene rings is 1. The molecule has 0 fully saturated rings. The first-order valence-corrected chi connectivity index (χ1v) is 7.40. The molecule has 4 N–H and O–H groups in total. The van der Waals surface area contributed by atoms with Crippen LogP contribution in [0.15, 0.2) is 41.4 Å². The Morgan fingerprint density at radius 3 is 2.60 bits per heavy atom. The summed E-state index contributed by atoms with van der Waals surface area (Å²) in [7, 11) is -2.21. The van der Waals surface area contributed by atoms with E-state index in [1.54, 1.807) is 31.3 Å². The fraction of sp³-hybridized carbons (Fsp3) is 0.250. The van der Waals surface area contributed by atoms with E-state index in [-0.39, 0.29) is 17.3 Å². The molecule has 0 saturated heterocycles. The lowest BCUT2D eigenvalue weighted by Crippen LogP contribution is -2.28. The second kappa shape index (κ2) is 5.61. The molecule has 0 saturated carbocycles. The van der Waals surface area contributed by atoms with E-state index in [1.807, 2.05) is 6.07 Å². The minimum absolute atomic E-state index is 0.0748. The van der Waals surface area contributed by atoms with Gasteiger partial charge in [0.2, 0.25) is 10.0 Å². The average Bonchev–Trinajstić information content (AvgIpc) is 2.77. The van der Waals surface area contributed by atoms with Crippen LogP contribution in [0.5, 0.6) is 0 Å². The smallest absolute Gasteiger partial charge is 0.245 e. The van der Waals surface area contributed by atoms with Crippen LogP contribution >= 0.6 is 0 Å². The van der Waals surface area contributed by atoms with Crippen molar-refractivity contribution in [2.75, 3.05) is 12.3 Å². The van der Waals surface area contributed by atoms with Crippen LogP contribution in [0.1, 0.15) is 11.7 Å². The molecular weight excluding hydrogens is 280 g/mol. The van der Waals surface area contributed by atoms with E-state index in [9.17, 15) is 13.5 Å². The summed E-state index contributed by atoms with van der Waals surface area (Å²) in [5.41, 5.74) is 6.17. The van der Waals surface area contributed by atoms with Gasteiger partial charge in [0.25, 0.3) is 0 Å². The fourth-order valence-corrected chi connectivity index (χ4v) is 2.89. The van der Waals surface area contributed by atoms with Crippen molar-refractivity contribution in [3.05, 3.63) is 42.1 Å². The number of sulfonamides is 1. The van der Waals surface area contributed by atoms with Crippen molar-refractivity contribution < 1.29 is 13.5 Å². The zero-order valence-corrected chi connectivity index (χ0v) is 11.7. The Morgan fingerprint density at radius 1 is 1.40 bits per heavy atom. The third kappa shape index (κ3) is 3.16. The quantitative estimate of drug-likeness (QED) is 0.720. The third-order valence-corrected chi connectivity index (χ3v) is 4.20. The molecule has 1 atom stereocenters. The average molecular weight is 296 g/mol. The molecule has 8 heteroatoms. The van der Waals surface area contributed by atoms with Gasteiger partial charge in [0, 0.05) is 19.8 Å². The molecule has 1 aromatic carbocycles. The Bertz CT molecular complexity index is 682. The highest BCUT2D eigenvalue weighted by Crippen LogP contribution is 2.17. The topological polar surface area (TPSA) is 110 Å². The Hall–Kier alpha value is -1.90. The molecule has 2 aromatic rings. The van der Waals surface area contributed by atoms with Crippen LogP contribution in [0.3, 0.4) is 0 Å². The van der Waals surface area contributed by atoms with E-state index in [0.717, 1.165) is 0 Å². The Morgan fingerprint density at radius 2 is 2.05 bits per heavy atom. The van der Waals surface area contributed by atoms with E-state index < -0.39 is 16.1 Å². The first kappa shape index (κ1) is 14.5. The van der Waals surface area contributed by atoms with Gasteiger partial charge in [-0.2, -0.15) is 5.10 Å². The summed E-state index contributed by atoms with van der Waals surface area (Å²) in [6.07, 6.45) is 0.385. The van der Waals surface area contributed by atoms with Crippen molar-refractivity contribution >= 4 is 15.8 Å². The summed E-state index contributed by atoms with van der Waals surface area (Å²) in [6, 6.07) is 8.80. The SMILES string of the molecule is Cn1cc(S(=O)(=O)NCC(O)c2ccccc2)c(N)n1. The van der Waals surface area contributed by atoms with Crippen LogP contribution in [-0.2, 0) is 17.1 Å². The number of rotatable bonds is 5. The Kier molecular flexibility index (Phi) is 4.07. The van der Waals surface area contributed by atoms with E-state index >= 15 is 0 Å². The van der Waals surface area contributed by atoms with Gasteiger partial charge in [-0.15, -0.1) is 0 Å². The van der Waals surface area contributed by atoms with Crippen molar-refractivity contribution in [1.29, 1.82) is 0 Å². The summed E-state index contributed by atoms with van der Waals surface area (Å²) in [6.45, 7) is -0.138. The zero-order valence-electron chi connectivity index (χ0n) is 10.9. The molecule has 108 valence electrons. The van der Waals surface area contributed by atoms with Gasteiger partial charge in [0.1, 0.15) is 4.90 Å². The number of nitrogens with one attached hydrogen (secondary N) is 1. The van der Waals surface area contributed by atoms with Gasteiger partial charge >= 0.3 is 0 Å². The maximum atomic E-state index is 12.0. The first-order valence-electron chi connectivity index (χ1n) is 5.92. The highest BCUT2D eigenvalue weighted by molar-refractivity contribution is 7.89. The molecule has 7 nitrogen and oxygen atoms in total. The van der Waals surface area contributed by atoms with E-state index in [4.69, 9.17) is 5.73 Å². The number of nitrogens with zero attached hydrogens (tertiary/aromatic N) is 2. The van der Waals surface area contributed by atoms with Gasteiger partial charge in [-0.05, 0) is 5.56 Å². The number of aromatic nitrogens is 2. The lowest BCUT2D eigenvalue weighted by Gasteiger charge is -2.12. The summed E-state index contributed by atoms with van der Waals surface area (Å²) in [5, 5.41) is 13.7. The van der Waals surface area contributed by atoms with Crippen molar-refractivity contribution in [3.63, 3.8) is 0 Å². The number of anilines is 1. The summed E-state index contributed by atoms with van der Waals surface area (Å²) in [5.74, 6) is -0.0748. The molecule has 0 aliphatic heterocycles. The normalized spacial score (nSPS) is 13.3. The maximum Gasteiger partial charge on any atom is 0.245 e.